The van der Waals surface area contributed by atoms with E-state index in [1.54, 1.807) is 12.5 Å². The van der Waals surface area contributed by atoms with Crippen LogP contribution in [0, 0.1) is 5.92 Å². The molecule has 0 radical (unpaired) electrons. The summed E-state index contributed by atoms with van der Waals surface area (Å²) in [6, 6.07) is 5.84. The quantitative estimate of drug-likeness (QED) is 0.916. The molecule has 1 saturated heterocycles. The van der Waals surface area contributed by atoms with Crippen LogP contribution in [0.15, 0.2) is 41.3 Å². The van der Waals surface area contributed by atoms with Crippen molar-refractivity contribution in [1.29, 1.82) is 0 Å². The van der Waals surface area contributed by atoms with E-state index in [0.29, 0.717) is 11.8 Å². The molecule has 1 N–H and O–H groups in total. The van der Waals surface area contributed by atoms with Crippen molar-refractivity contribution in [2.75, 3.05) is 19.7 Å². The number of rotatable bonds is 4. The fourth-order valence-corrected chi connectivity index (χ4v) is 2.33. The predicted octanol–water partition coefficient (Wildman–Crippen LogP) is 2.72. The van der Waals surface area contributed by atoms with E-state index in [4.69, 9.17) is 9.15 Å². The van der Waals surface area contributed by atoms with Gasteiger partial charge >= 0.3 is 0 Å². The molecular formula is C15H18N2O2. The molecule has 19 heavy (non-hydrogen) atoms. The molecule has 0 spiro atoms. The minimum atomic E-state index is 0.601. The first kappa shape index (κ1) is 12.2. The molecule has 0 amide bonds. The molecule has 2 aromatic rings. The van der Waals surface area contributed by atoms with Crippen LogP contribution in [0.3, 0.4) is 0 Å². The third-order valence-corrected chi connectivity index (χ3v) is 3.46. The highest BCUT2D eigenvalue weighted by Crippen LogP contribution is 2.21. The number of nitrogens with zero attached hydrogens (tertiary/aromatic N) is 1. The molecule has 2 aromatic heterocycles. The number of piperidine rings is 1. The third kappa shape index (κ3) is 3.15. The Labute approximate surface area is 112 Å². The topological polar surface area (TPSA) is 47.3 Å². The number of ether oxygens (including phenoxy) is 1. The Bertz CT molecular complexity index is 487. The van der Waals surface area contributed by atoms with Crippen LogP contribution in [-0.2, 0) is 0 Å². The number of hydrogen-bond donors (Lipinski definition) is 1. The summed E-state index contributed by atoms with van der Waals surface area (Å²) in [5.74, 6) is 1.29. The van der Waals surface area contributed by atoms with E-state index in [1.165, 1.54) is 12.8 Å². The van der Waals surface area contributed by atoms with E-state index in [9.17, 15) is 0 Å². The minimum absolute atomic E-state index is 0.601. The van der Waals surface area contributed by atoms with Gasteiger partial charge in [-0.15, -0.1) is 0 Å². The molecule has 0 saturated carbocycles. The average Bonchev–Trinajstić information content (AvgIpc) is 3.01. The monoisotopic (exact) mass is 258 g/mol. The second kappa shape index (κ2) is 5.89. The average molecular weight is 258 g/mol. The van der Waals surface area contributed by atoms with Gasteiger partial charge in [0.1, 0.15) is 0 Å². The van der Waals surface area contributed by atoms with Crippen LogP contribution in [0.5, 0.6) is 5.88 Å². The summed E-state index contributed by atoms with van der Waals surface area (Å²) in [5.41, 5.74) is 2.08. The van der Waals surface area contributed by atoms with Gasteiger partial charge in [-0.05, 0) is 31.5 Å². The molecule has 1 aliphatic rings. The number of nitrogens with one attached hydrogen (secondary N) is 1. The number of furan rings is 1. The van der Waals surface area contributed by atoms with Gasteiger partial charge in [-0.2, -0.15) is 0 Å². The van der Waals surface area contributed by atoms with Gasteiger partial charge in [0.2, 0.25) is 5.88 Å². The molecule has 0 bridgehead atoms. The molecule has 3 rings (SSSR count). The first-order chi connectivity index (χ1) is 9.42. The second-order valence-corrected chi connectivity index (χ2v) is 4.92. The van der Waals surface area contributed by atoms with E-state index in [0.717, 1.165) is 30.8 Å². The molecule has 0 aliphatic carbocycles. The van der Waals surface area contributed by atoms with Crippen molar-refractivity contribution in [3.63, 3.8) is 0 Å². The SMILES string of the molecule is c1cc(-c2ccc(OCC3CCCNC3)nc2)co1. The van der Waals surface area contributed by atoms with Crippen LogP contribution in [0.1, 0.15) is 12.8 Å². The number of hydrogen-bond acceptors (Lipinski definition) is 4. The van der Waals surface area contributed by atoms with E-state index in [-0.39, 0.29) is 0 Å². The predicted molar refractivity (Wildman–Crippen MR) is 73.0 cm³/mol. The Balaban J connectivity index is 1.57. The molecule has 1 unspecified atom stereocenters. The lowest BCUT2D eigenvalue weighted by Gasteiger charge is -2.22. The maximum atomic E-state index is 5.74. The molecule has 1 fully saturated rings. The van der Waals surface area contributed by atoms with Gasteiger partial charge in [-0.1, -0.05) is 0 Å². The van der Waals surface area contributed by atoms with E-state index in [2.05, 4.69) is 10.3 Å². The van der Waals surface area contributed by atoms with Crippen molar-refractivity contribution >= 4 is 0 Å². The molecule has 1 atom stereocenters. The van der Waals surface area contributed by atoms with Gasteiger partial charge in [0.05, 0.1) is 19.1 Å². The number of aromatic nitrogens is 1. The van der Waals surface area contributed by atoms with Gasteiger partial charge in [0, 0.05) is 35.9 Å². The summed E-state index contributed by atoms with van der Waals surface area (Å²) in [5, 5.41) is 3.39. The number of pyridine rings is 1. The van der Waals surface area contributed by atoms with Crippen molar-refractivity contribution < 1.29 is 9.15 Å². The second-order valence-electron chi connectivity index (χ2n) is 4.92. The largest absolute Gasteiger partial charge is 0.477 e. The fraction of sp³-hybridized carbons (Fsp3) is 0.400. The Kier molecular flexibility index (Phi) is 3.79. The van der Waals surface area contributed by atoms with Crippen LogP contribution >= 0.6 is 0 Å². The first-order valence-electron chi connectivity index (χ1n) is 6.74. The van der Waals surface area contributed by atoms with E-state index >= 15 is 0 Å². The van der Waals surface area contributed by atoms with Crippen LogP contribution in [-0.4, -0.2) is 24.7 Å². The molecule has 4 nitrogen and oxygen atoms in total. The minimum Gasteiger partial charge on any atom is -0.477 e. The van der Waals surface area contributed by atoms with Gasteiger partial charge in [-0.25, -0.2) is 4.98 Å². The van der Waals surface area contributed by atoms with Crippen molar-refractivity contribution in [2.45, 2.75) is 12.8 Å². The molecule has 3 heterocycles. The molecule has 1 aliphatic heterocycles. The highest BCUT2D eigenvalue weighted by Gasteiger charge is 2.13. The van der Waals surface area contributed by atoms with Crippen LogP contribution in [0.25, 0.3) is 11.1 Å². The van der Waals surface area contributed by atoms with Crippen molar-refractivity contribution in [3.05, 3.63) is 36.9 Å². The van der Waals surface area contributed by atoms with Gasteiger partial charge in [0.15, 0.2) is 0 Å². The fourth-order valence-electron chi connectivity index (χ4n) is 2.33. The smallest absolute Gasteiger partial charge is 0.213 e. The van der Waals surface area contributed by atoms with Crippen molar-refractivity contribution in [3.8, 4) is 17.0 Å². The van der Waals surface area contributed by atoms with Crippen LogP contribution in [0.2, 0.25) is 0 Å². The first-order valence-corrected chi connectivity index (χ1v) is 6.74. The Morgan fingerprint density at radius 3 is 3.00 bits per heavy atom. The third-order valence-electron chi connectivity index (χ3n) is 3.46. The lowest BCUT2D eigenvalue weighted by Crippen LogP contribution is -2.33. The Morgan fingerprint density at radius 2 is 2.32 bits per heavy atom. The lowest BCUT2D eigenvalue weighted by atomic mass is 10.0. The van der Waals surface area contributed by atoms with Crippen LogP contribution < -0.4 is 10.1 Å². The lowest BCUT2D eigenvalue weighted by molar-refractivity contribution is 0.212. The van der Waals surface area contributed by atoms with Crippen LogP contribution in [0.4, 0.5) is 0 Å². The maximum Gasteiger partial charge on any atom is 0.213 e. The van der Waals surface area contributed by atoms with Crippen molar-refractivity contribution in [1.82, 2.24) is 10.3 Å². The summed E-state index contributed by atoms with van der Waals surface area (Å²) >= 11 is 0. The molecule has 100 valence electrons. The summed E-state index contributed by atoms with van der Waals surface area (Å²) in [7, 11) is 0. The Morgan fingerprint density at radius 1 is 1.32 bits per heavy atom. The summed E-state index contributed by atoms with van der Waals surface area (Å²) in [6.07, 6.45) is 7.67. The zero-order chi connectivity index (χ0) is 12.9. The van der Waals surface area contributed by atoms with Gasteiger partial charge in [0.25, 0.3) is 0 Å². The zero-order valence-electron chi connectivity index (χ0n) is 10.8. The van der Waals surface area contributed by atoms with Crippen molar-refractivity contribution in [2.24, 2.45) is 5.92 Å². The normalized spacial score (nSPS) is 19.3. The summed E-state index contributed by atoms with van der Waals surface area (Å²) in [4.78, 5) is 4.33. The van der Waals surface area contributed by atoms with E-state index < -0.39 is 0 Å². The molecular weight excluding hydrogens is 240 g/mol. The standard InChI is InChI=1S/C15H18N2O2/c1-2-12(8-16-6-1)10-19-15-4-3-13(9-17-15)14-5-7-18-11-14/h3-5,7,9,11-12,16H,1-2,6,8,10H2. The van der Waals surface area contributed by atoms with Gasteiger partial charge < -0.3 is 14.5 Å². The molecule has 0 aromatic carbocycles. The van der Waals surface area contributed by atoms with E-state index in [1.807, 2.05) is 24.4 Å². The highest BCUT2D eigenvalue weighted by atomic mass is 16.5. The maximum absolute atomic E-state index is 5.74. The highest BCUT2D eigenvalue weighted by molar-refractivity contribution is 5.60. The Hall–Kier alpha value is -1.81. The zero-order valence-corrected chi connectivity index (χ0v) is 10.8. The van der Waals surface area contributed by atoms with Gasteiger partial charge in [-0.3, -0.25) is 0 Å². The summed E-state index contributed by atoms with van der Waals surface area (Å²) in [6.45, 7) is 2.92. The summed E-state index contributed by atoms with van der Waals surface area (Å²) < 4.78 is 10.8. The molecule has 4 heteroatoms.